The van der Waals surface area contributed by atoms with Crippen molar-refractivity contribution in [3.8, 4) is 0 Å². The van der Waals surface area contributed by atoms with Gasteiger partial charge in [0.1, 0.15) is 6.04 Å². The zero-order valence-corrected chi connectivity index (χ0v) is 10.2. The van der Waals surface area contributed by atoms with Crippen molar-refractivity contribution in [2.45, 2.75) is 33.2 Å². The van der Waals surface area contributed by atoms with Crippen molar-refractivity contribution in [1.82, 2.24) is 10.6 Å². The second-order valence-electron chi connectivity index (χ2n) is 4.84. The molecule has 1 aliphatic heterocycles. The van der Waals surface area contributed by atoms with Crippen molar-refractivity contribution in [1.29, 1.82) is 0 Å². The molecule has 5 nitrogen and oxygen atoms in total. The van der Waals surface area contributed by atoms with Crippen LogP contribution in [0.1, 0.15) is 27.2 Å². The number of nitrogens with two attached hydrogens (primary N) is 1. The Kier molecular flexibility index (Phi) is 3.91. The van der Waals surface area contributed by atoms with Gasteiger partial charge in [0.25, 0.3) is 0 Å². The summed E-state index contributed by atoms with van der Waals surface area (Å²) in [5.41, 5.74) is 4.73. The van der Waals surface area contributed by atoms with E-state index >= 15 is 0 Å². The Morgan fingerprint density at radius 2 is 2.00 bits per heavy atom. The summed E-state index contributed by atoms with van der Waals surface area (Å²) in [6.45, 7) is 7.18. The van der Waals surface area contributed by atoms with Gasteiger partial charge in [0.05, 0.1) is 5.41 Å². The maximum Gasteiger partial charge on any atom is 0.239 e. The van der Waals surface area contributed by atoms with Crippen LogP contribution in [0.3, 0.4) is 0 Å². The van der Waals surface area contributed by atoms with E-state index in [1.165, 1.54) is 0 Å². The van der Waals surface area contributed by atoms with E-state index in [0.29, 0.717) is 6.54 Å². The van der Waals surface area contributed by atoms with Gasteiger partial charge in [-0.2, -0.15) is 0 Å². The number of hydrogen-bond donors (Lipinski definition) is 3. The molecule has 0 spiro atoms. The Morgan fingerprint density at radius 1 is 1.38 bits per heavy atom. The lowest BCUT2D eigenvalue weighted by Crippen LogP contribution is -2.51. The van der Waals surface area contributed by atoms with Crippen LogP contribution in [-0.2, 0) is 9.59 Å². The van der Waals surface area contributed by atoms with Crippen molar-refractivity contribution in [3.63, 3.8) is 0 Å². The van der Waals surface area contributed by atoms with E-state index in [0.717, 1.165) is 13.0 Å². The van der Waals surface area contributed by atoms with Crippen molar-refractivity contribution < 1.29 is 9.59 Å². The second-order valence-corrected chi connectivity index (χ2v) is 4.84. The highest BCUT2D eigenvalue weighted by Crippen LogP contribution is 2.34. The lowest BCUT2D eigenvalue weighted by Gasteiger charge is -2.32. The van der Waals surface area contributed by atoms with Crippen LogP contribution < -0.4 is 16.4 Å². The first-order valence-corrected chi connectivity index (χ1v) is 5.71. The van der Waals surface area contributed by atoms with E-state index in [4.69, 9.17) is 5.73 Å². The largest absolute Gasteiger partial charge is 0.368 e. The standard InChI is InChI=1S/C11H21N3O2/c1-7(2)11(4-5-13-6-11)10(16)14-8(3)9(12)15/h7-8,13H,4-6H2,1-3H3,(H2,12,15)(H,14,16). The monoisotopic (exact) mass is 227 g/mol. The van der Waals surface area contributed by atoms with Gasteiger partial charge in [-0.25, -0.2) is 0 Å². The van der Waals surface area contributed by atoms with Gasteiger partial charge in [-0.1, -0.05) is 13.8 Å². The van der Waals surface area contributed by atoms with Crippen LogP contribution in [0.15, 0.2) is 0 Å². The summed E-state index contributed by atoms with van der Waals surface area (Å²) >= 11 is 0. The predicted octanol–water partition coefficient (Wildman–Crippen LogP) is -0.388. The van der Waals surface area contributed by atoms with Crippen LogP contribution in [0.4, 0.5) is 0 Å². The molecule has 0 aromatic heterocycles. The summed E-state index contributed by atoms with van der Waals surface area (Å²) in [7, 11) is 0. The third-order valence-corrected chi connectivity index (χ3v) is 3.52. The molecule has 4 N–H and O–H groups in total. The highest BCUT2D eigenvalue weighted by molar-refractivity contribution is 5.89. The summed E-state index contributed by atoms with van der Waals surface area (Å²) in [5, 5.41) is 5.89. The molecule has 2 atom stereocenters. The van der Waals surface area contributed by atoms with Crippen LogP contribution in [0.5, 0.6) is 0 Å². The maximum absolute atomic E-state index is 12.2. The Hall–Kier alpha value is -1.10. The Morgan fingerprint density at radius 3 is 2.38 bits per heavy atom. The molecule has 5 heteroatoms. The zero-order chi connectivity index (χ0) is 12.3. The molecule has 1 saturated heterocycles. The molecule has 0 aromatic rings. The van der Waals surface area contributed by atoms with E-state index in [1.807, 2.05) is 13.8 Å². The van der Waals surface area contributed by atoms with Gasteiger partial charge in [-0.05, 0) is 25.8 Å². The minimum Gasteiger partial charge on any atom is -0.368 e. The Labute approximate surface area is 96.1 Å². The van der Waals surface area contributed by atoms with Crippen LogP contribution in [0.25, 0.3) is 0 Å². The molecule has 0 aliphatic carbocycles. The van der Waals surface area contributed by atoms with Crippen molar-refractivity contribution in [2.24, 2.45) is 17.1 Å². The normalized spacial score (nSPS) is 26.8. The Bertz CT molecular complexity index is 283. The van der Waals surface area contributed by atoms with E-state index in [-0.39, 0.29) is 11.8 Å². The summed E-state index contributed by atoms with van der Waals surface area (Å²) < 4.78 is 0. The van der Waals surface area contributed by atoms with E-state index in [9.17, 15) is 9.59 Å². The van der Waals surface area contributed by atoms with Gasteiger partial charge in [-0.3, -0.25) is 9.59 Å². The second kappa shape index (κ2) is 4.82. The average Bonchev–Trinajstić information content (AvgIpc) is 2.66. The number of carbonyl (C=O) groups is 2. The zero-order valence-electron chi connectivity index (χ0n) is 10.2. The van der Waals surface area contributed by atoms with Crippen molar-refractivity contribution in [2.75, 3.05) is 13.1 Å². The molecular weight excluding hydrogens is 206 g/mol. The number of rotatable bonds is 4. The van der Waals surface area contributed by atoms with Crippen molar-refractivity contribution >= 4 is 11.8 Å². The number of hydrogen-bond acceptors (Lipinski definition) is 3. The first-order chi connectivity index (χ1) is 7.40. The molecule has 16 heavy (non-hydrogen) atoms. The van der Waals surface area contributed by atoms with Gasteiger partial charge in [0.15, 0.2) is 0 Å². The summed E-state index contributed by atoms with van der Waals surface area (Å²) in [6.07, 6.45) is 0.808. The van der Waals surface area contributed by atoms with Gasteiger partial charge in [0, 0.05) is 6.54 Å². The molecule has 1 fully saturated rings. The molecular formula is C11H21N3O2. The molecule has 0 aromatic carbocycles. The van der Waals surface area contributed by atoms with Gasteiger partial charge >= 0.3 is 0 Å². The molecule has 0 saturated carbocycles. The molecule has 0 bridgehead atoms. The molecule has 92 valence electrons. The third kappa shape index (κ3) is 2.35. The van der Waals surface area contributed by atoms with Gasteiger partial charge < -0.3 is 16.4 Å². The van der Waals surface area contributed by atoms with E-state index in [2.05, 4.69) is 10.6 Å². The van der Waals surface area contributed by atoms with Gasteiger partial charge in [-0.15, -0.1) is 0 Å². The first-order valence-electron chi connectivity index (χ1n) is 5.71. The predicted molar refractivity (Wildman–Crippen MR) is 61.6 cm³/mol. The summed E-state index contributed by atoms with van der Waals surface area (Å²) in [5.74, 6) is -0.334. The fraction of sp³-hybridized carbons (Fsp3) is 0.818. The SMILES string of the molecule is CC(NC(=O)C1(C(C)C)CCNC1)C(N)=O. The number of amides is 2. The number of primary amides is 1. The maximum atomic E-state index is 12.2. The fourth-order valence-corrected chi connectivity index (χ4v) is 2.07. The molecule has 1 heterocycles. The third-order valence-electron chi connectivity index (χ3n) is 3.52. The van der Waals surface area contributed by atoms with Gasteiger partial charge in [0.2, 0.25) is 11.8 Å². The minimum absolute atomic E-state index is 0.0706. The van der Waals surface area contributed by atoms with Crippen LogP contribution in [0, 0.1) is 11.3 Å². The number of carbonyl (C=O) groups excluding carboxylic acids is 2. The van der Waals surface area contributed by atoms with Crippen LogP contribution >= 0.6 is 0 Å². The lowest BCUT2D eigenvalue weighted by atomic mass is 9.75. The van der Waals surface area contributed by atoms with Crippen molar-refractivity contribution in [3.05, 3.63) is 0 Å². The molecule has 0 radical (unpaired) electrons. The summed E-state index contributed by atoms with van der Waals surface area (Å²) in [4.78, 5) is 23.1. The average molecular weight is 227 g/mol. The van der Waals surface area contributed by atoms with E-state index in [1.54, 1.807) is 6.92 Å². The number of nitrogens with one attached hydrogen (secondary N) is 2. The minimum atomic E-state index is -0.608. The first kappa shape index (κ1) is 13.0. The van der Waals surface area contributed by atoms with E-state index < -0.39 is 17.4 Å². The topological polar surface area (TPSA) is 84.2 Å². The molecule has 2 amide bonds. The highest BCUT2D eigenvalue weighted by atomic mass is 16.2. The van der Waals surface area contributed by atoms with Crippen LogP contribution in [-0.4, -0.2) is 30.9 Å². The fourth-order valence-electron chi connectivity index (χ4n) is 2.07. The quantitative estimate of drug-likeness (QED) is 0.611. The molecule has 1 rings (SSSR count). The summed E-state index contributed by atoms with van der Waals surface area (Å²) in [6, 6.07) is -0.608. The molecule has 2 unspecified atom stereocenters. The van der Waals surface area contributed by atoms with Crippen LogP contribution in [0.2, 0.25) is 0 Å². The highest BCUT2D eigenvalue weighted by Gasteiger charge is 2.44. The lowest BCUT2D eigenvalue weighted by molar-refractivity contribution is -0.135. The molecule has 1 aliphatic rings. The smallest absolute Gasteiger partial charge is 0.239 e. The Balaban J connectivity index is 2.73.